The fourth-order valence-electron chi connectivity index (χ4n) is 4.80. The largest absolute Gasteiger partial charge is 0.474 e. The van der Waals surface area contributed by atoms with E-state index < -0.39 is 0 Å². The summed E-state index contributed by atoms with van der Waals surface area (Å²) in [6.07, 6.45) is 8.24. The molecule has 1 aromatic carbocycles. The van der Waals surface area contributed by atoms with Crippen LogP contribution in [-0.2, 0) is 11.2 Å². The number of anilines is 2. The summed E-state index contributed by atoms with van der Waals surface area (Å²) in [6, 6.07) is 8.19. The van der Waals surface area contributed by atoms with E-state index in [-0.39, 0.29) is 17.9 Å². The molecule has 1 saturated carbocycles. The highest BCUT2D eigenvalue weighted by Crippen LogP contribution is 2.48. The van der Waals surface area contributed by atoms with Crippen LogP contribution in [0.4, 0.5) is 11.6 Å². The van der Waals surface area contributed by atoms with Crippen molar-refractivity contribution in [1.82, 2.24) is 9.97 Å². The molecule has 0 saturated heterocycles. The zero-order valence-electron chi connectivity index (χ0n) is 17.8. The van der Waals surface area contributed by atoms with Gasteiger partial charge in [0, 0.05) is 17.0 Å². The number of hydrogen-bond donors (Lipinski definition) is 2. The lowest BCUT2D eigenvalue weighted by Crippen LogP contribution is -2.21. The number of fused-ring (bicyclic) bond motifs is 3. The van der Waals surface area contributed by atoms with Gasteiger partial charge in [-0.25, -0.2) is 4.98 Å². The molecule has 1 unspecified atom stereocenters. The average molecular weight is 437 g/mol. The summed E-state index contributed by atoms with van der Waals surface area (Å²) in [4.78, 5) is 23.5. The standard InChI is InChI=1S/C24H28N4O2S/c1-14-7-10-16(11-8-14)26-24-27-22(30-17-5-3-2-4-6-17)21-20-15(13-19(25)29)9-12-18(20)31-23(21)28-24/h7-8,10-11,15,17H,2-6,9,12-13H2,1H3,(H2,25,29)(H,26,27,28). The number of nitrogens with one attached hydrogen (secondary N) is 1. The third-order valence-corrected chi connectivity index (χ3v) is 7.51. The number of carbonyl (C=O) groups is 1. The van der Waals surface area contributed by atoms with Crippen LogP contribution in [-0.4, -0.2) is 22.0 Å². The van der Waals surface area contributed by atoms with Crippen molar-refractivity contribution < 1.29 is 9.53 Å². The van der Waals surface area contributed by atoms with Crippen LogP contribution in [0.15, 0.2) is 24.3 Å². The number of nitrogens with two attached hydrogens (primary N) is 1. The van der Waals surface area contributed by atoms with E-state index >= 15 is 0 Å². The first-order valence-corrected chi connectivity index (χ1v) is 12.0. The van der Waals surface area contributed by atoms with Crippen LogP contribution in [0.1, 0.15) is 66.9 Å². The Labute approximate surface area is 186 Å². The SMILES string of the molecule is Cc1ccc(Nc2nc(OC3CCCCC3)c3c4c(sc3n2)CCC4CC(N)=O)cc1. The Morgan fingerprint density at radius 1 is 1.16 bits per heavy atom. The predicted molar refractivity (Wildman–Crippen MR) is 124 cm³/mol. The van der Waals surface area contributed by atoms with Crippen molar-refractivity contribution in [3.8, 4) is 5.88 Å². The molecule has 0 bridgehead atoms. The van der Waals surface area contributed by atoms with Gasteiger partial charge in [-0.3, -0.25) is 4.79 Å². The Bertz CT molecular complexity index is 1100. The van der Waals surface area contributed by atoms with E-state index in [2.05, 4.69) is 24.4 Å². The number of hydrogen-bond acceptors (Lipinski definition) is 6. The number of thiophene rings is 1. The minimum Gasteiger partial charge on any atom is -0.474 e. The first kappa shape index (κ1) is 20.2. The highest BCUT2D eigenvalue weighted by molar-refractivity contribution is 7.19. The Morgan fingerprint density at radius 2 is 1.94 bits per heavy atom. The second-order valence-corrected chi connectivity index (χ2v) is 9.83. The molecule has 0 spiro atoms. The van der Waals surface area contributed by atoms with E-state index in [9.17, 15) is 4.79 Å². The van der Waals surface area contributed by atoms with E-state index in [1.165, 1.54) is 35.3 Å². The summed E-state index contributed by atoms with van der Waals surface area (Å²) in [6.45, 7) is 2.07. The van der Waals surface area contributed by atoms with Crippen LogP contribution in [0.3, 0.4) is 0 Å². The van der Waals surface area contributed by atoms with Crippen molar-refractivity contribution >= 4 is 39.1 Å². The maximum absolute atomic E-state index is 11.7. The van der Waals surface area contributed by atoms with E-state index in [0.717, 1.165) is 41.6 Å². The Morgan fingerprint density at radius 3 is 2.68 bits per heavy atom. The normalized spacial score (nSPS) is 18.8. The third kappa shape index (κ3) is 4.24. The van der Waals surface area contributed by atoms with Crippen molar-refractivity contribution in [1.29, 1.82) is 0 Å². The first-order valence-electron chi connectivity index (χ1n) is 11.2. The predicted octanol–water partition coefficient (Wildman–Crippen LogP) is 5.36. The molecule has 1 atom stereocenters. The lowest BCUT2D eigenvalue weighted by atomic mass is 9.96. The van der Waals surface area contributed by atoms with Gasteiger partial charge in [-0.2, -0.15) is 4.98 Å². The van der Waals surface area contributed by atoms with Crippen molar-refractivity contribution in [2.75, 3.05) is 5.32 Å². The highest BCUT2D eigenvalue weighted by Gasteiger charge is 2.32. The number of primary amides is 1. The molecular weight excluding hydrogens is 408 g/mol. The van der Waals surface area contributed by atoms with Crippen molar-refractivity contribution in [3.63, 3.8) is 0 Å². The number of ether oxygens (including phenoxy) is 1. The summed E-state index contributed by atoms with van der Waals surface area (Å²) >= 11 is 1.70. The molecule has 7 heteroatoms. The van der Waals surface area contributed by atoms with Gasteiger partial charge in [0.15, 0.2) is 0 Å². The van der Waals surface area contributed by atoms with Gasteiger partial charge in [-0.15, -0.1) is 11.3 Å². The Balaban J connectivity index is 1.56. The number of aryl methyl sites for hydroxylation is 2. The summed E-state index contributed by atoms with van der Waals surface area (Å²) < 4.78 is 6.50. The third-order valence-electron chi connectivity index (χ3n) is 6.35. The van der Waals surface area contributed by atoms with Crippen LogP contribution in [0.25, 0.3) is 10.2 Å². The van der Waals surface area contributed by atoms with Gasteiger partial charge in [0.1, 0.15) is 10.9 Å². The van der Waals surface area contributed by atoms with E-state index in [1.807, 2.05) is 12.1 Å². The molecule has 3 N–H and O–H groups in total. The average Bonchev–Trinajstić information content (AvgIpc) is 3.30. The Hall–Kier alpha value is -2.67. The number of nitrogens with zero attached hydrogens (tertiary/aromatic N) is 2. The van der Waals surface area contributed by atoms with Crippen molar-refractivity contribution in [3.05, 3.63) is 40.3 Å². The second kappa shape index (κ2) is 8.46. The zero-order chi connectivity index (χ0) is 21.4. The van der Waals surface area contributed by atoms with E-state index in [4.69, 9.17) is 20.4 Å². The molecule has 6 nitrogen and oxygen atoms in total. The molecule has 162 valence electrons. The smallest absolute Gasteiger partial charge is 0.231 e. The Kier molecular flexibility index (Phi) is 5.52. The number of carbonyl (C=O) groups excluding carboxylic acids is 1. The molecular formula is C24H28N4O2S. The fourth-order valence-corrected chi connectivity index (χ4v) is 6.06. The monoisotopic (exact) mass is 436 g/mol. The van der Waals surface area contributed by atoms with Gasteiger partial charge >= 0.3 is 0 Å². The van der Waals surface area contributed by atoms with Crippen molar-refractivity contribution in [2.24, 2.45) is 5.73 Å². The van der Waals surface area contributed by atoms with Gasteiger partial charge in [-0.1, -0.05) is 24.1 Å². The molecule has 2 heterocycles. The topological polar surface area (TPSA) is 90.1 Å². The fraction of sp³-hybridized carbons (Fsp3) is 0.458. The first-order chi connectivity index (χ1) is 15.1. The van der Waals surface area contributed by atoms with Gasteiger partial charge in [0.2, 0.25) is 17.7 Å². The lowest BCUT2D eigenvalue weighted by molar-refractivity contribution is -0.118. The van der Waals surface area contributed by atoms with E-state index in [0.29, 0.717) is 18.2 Å². The molecule has 0 aliphatic heterocycles. The summed E-state index contributed by atoms with van der Waals surface area (Å²) in [5.41, 5.74) is 8.88. The van der Waals surface area contributed by atoms with Gasteiger partial charge in [-0.05, 0) is 69.1 Å². The van der Waals surface area contributed by atoms with E-state index in [1.54, 1.807) is 11.3 Å². The van der Waals surface area contributed by atoms with Crippen LogP contribution in [0.2, 0.25) is 0 Å². The lowest BCUT2D eigenvalue weighted by Gasteiger charge is -2.23. The van der Waals surface area contributed by atoms with Crippen LogP contribution in [0, 0.1) is 6.92 Å². The molecule has 1 amide bonds. The van der Waals surface area contributed by atoms with Crippen LogP contribution < -0.4 is 15.8 Å². The highest BCUT2D eigenvalue weighted by atomic mass is 32.1. The molecule has 2 aliphatic carbocycles. The number of rotatable bonds is 6. The molecule has 31 heavy (non-hydrogen) atoms. The molecule has 1 fully saturated rings. The maximum Gasteiger partial charge on any atom is 0.231 e. The minimum atomic E-state index is -0.259. The van der Waals surface area contributed by atoms with Gasteiger partial charge in [0.05, 0.1) is 5.39 Å². The zero-order valence-corrected chi connectivity index (χ0v) is 18.6. The van der Waals surface area contributed by atoms with Crippen molar-refractivity contribution in [2.45, 2.75) is 70.3 Å². The summed E-state index contributed by atoms with van der Waals surface area (Å²) in [5.74, 6) is 1.08. The van der Waals surface area contributed by atoms with Gasteiger partial charge in [0.25, 0.3) is 0 Å². The number of benzene rings is 1. The summed E-state index contributed by atoms with van der Waals surface area (Å²) in [7, 11) is 0. The molecule has 2 aromatic heterocycles. The second-order valence-electron chi connectivity index (χ2n) is 8.75. The molecule has 5 rings (SSSR count). The molecule has 0 radical (unpaired) electrons. The quantitative estimate of drug-likeness (QED) is 0.543. The molecule has 3 aromatic rings. The number of aromatic nitrogens is 2. The minimum absolute atomic E-state index is 0.134. The van der Waals surface area contributed by atoms with Crippen LogP contribution in [0.5, 0.6) is 5.88 Å². The number of amides is 1. The summed E-state index contributed by atoms with van der Waals surface area (Å²) in [5, 5.41) is 4.33. The van der Waals surface area contributed by atoms with Crippen LogP contribution >= 0.6 is 11.3 Å². The maximum atomic E-state index is 11.7. The van der Waals surface area contributed by atoms with Gasteiger partial charge < -0.3 is 15.8 Å². The molecule has 2 aliphatic rings.